The third kappa shape index (κ3) is 3.35. The van der Waals surface area contributed by atoms with E-state index in [2.05, 4.69) is 5.32 Å². The van der Waals surface area contributed by atoms with Crippen molar-refractivity contribution in [2.45, 2.75) is 38.1 Å². The number of benzene rings is 1. The number of halogens is 2. The first-order valence-electron chi connectivity index (χ1n) is 6.35. The Morgan fingerprint density at radius 2 is 2.00 bits per heavy atom. The van der Waals surface area contributed by atoms with Crippen LogP contribution in [-0.2, 0) is 11.2 Å². The van der Waals surface area contributed by atoms with Crippen molar-refractivity contribution in [1.29, 1.82) is 0 Å². The van der Waals surface area contributed by atoms with Gasteiger partial charge in [-0.3, -0.25) is 4.79 Å². The highest BCUT2D eigenvalue weighted by atomic mass is 19.2. The molecule has 0 heterocycles. The molecule has 0 aliphatic heterocycles. The summed E-state index contributed by atoms with van der Waals surface area (Å²) in [4.78, 5) is 11.7. The molecule has 1 aliphatic rings. The Balaban J connectivity index is 1.84. The van der Waals surface area contributed by atoms with E-state index in [1.54, 1.807) is 0 Å². The number of hydrogen-bond acceptors (Lipinski definition) is 2. The molecule has 4 heteroatoms. The van der Waals surface area contributed by atoms with Gasteiger partial charge in [0.15, 0.2) is 17.4 Å². The second kappa shape index (κ2) is 6.05. The molecule has 2 nitrogen and oxygen atoms in total. The van der Waals surface area contributed by atoms with Gasteiger partial charge in [-0.2, -0.15) is 0 Å². The fourth-order valence-electron chi connectivity index (χ4n) is 2.35. The van der Waals surface area contributed by atoms with Gasteiger partial charge in [0.25, 0.3) is 0 Å². The van der Waals surface area contributed by atoms with E-state index in [1.165, 1.54) is 25.0 Å². The molecule has 0 unspecified atom stereocenters. The summed E-state index contributed by atoms with van der Waals surface area (Å²) >= 11 is 0. The number of ketones is 1. The minimum absolute atomic E-state index is 0.0523. The van der Waals surface area contributed by atoms with Crippen LogP contribution in [0.2, 0.25) is 0 Å². The summed E-state index contributed by atoms with van der Waals surface area (Å²) < 4.78 is 26.3. The third-order valence-electron chi connectivity index (χ3n) is 3.36. The fraction of sp³-hybridized carbons (Fsp3) is 0.500. The smallest absolute Gasteiger partial charge is 0.162 e. The molecular formula is C14H17F2NO. The van der Waals surface area contributed by atoms with E-state index < -0.39 is 11.6 Å². The summed E-state index contributed by atoms with van der Waals surface area (Å²) in [5.41, 5.74) is 0.133. The molecule has 0 atom stereocenters. The first-order valence-corrected chi connectivity index (χ1v) is 6.35. The lowest BCUT2D eigenvalue weighted by atomic mass is 10.1. The van der Waals surface area contributed by atoms with Crippen LogP contribution in [0.3, 0.4) is 0 Å². The Labute approximate surface area is 105 Å². The van der Waals surface area contributed by atoms with Crippen LogP contribution in [-0.4, -0.2) is 18.4 Å². The molecule has 1 saturated carbocycles. The number of rotatable bonds is 5. The van der Waals surface area contributed by atoms with Crippen LogP contribution in [0.15, 0.2) is 18.2 Å². The predicted molar refractivity (Wildman–Crippen MR) is 65.3 cm³/mol. The molecule has 0 radical (unpaired) electrons. The number of Topliss-reactive ketones (excluding diaryl/α,β-unsaturated/α-hetero) is 1. The van der Waals surface area contributed by atoms with Crippen LogP contribution in [0.25, 0.3) is 0 Å². The zero-order valence-corrected chi connectivity index (χ0v) is 10.2. The van der Waals surface area contributed by atoms with Crippen molar-refractivity contribution in [3.8, 4) is 0 Å². The summed E-state index contributed by atoms with van der Waals surface area (Å²) in [6.45, 7) is 0.237. The minimum atomic E-state index is -0.910. The SMILES string of the molecule is O=C(CNC1CCCC1)Cc1cccc(F)c1F. The monoisotopic (exact) mass is 253 g/mol. The summed E-state index contributed by atoms with van der Waals surface area (Å²) in [5.74, 6) is -1.91. The number of carbonyl (C=O) groups excluding carboxylic acids is 1. The van der Waals surface area contributed by atoms with Gasteiger partial charge in [0.05, 0.1) is 6.54 Å². The van der Waals surface area contributed by atoms with Gasteiger partial charge in [0.1, 0.15) is 0 Å². The number of nitrogens with one attached hydrogen (secondary N) is 1. The Kier molecular flexibility index (Phi) is 4.42. The van der Waals surface area contributed by atoms with Gasteiger partial charge in [-0.25, -0.2) is 8.78 Å². The lowest BCUT2D eigenvalue weighted by molar-refractivity contribution is -0.117. The molecule has 0 spiro atoms. The van der Waals surface area contributed by atoms with Crippen LogP contribution < -0.4 is 5.32 Å². The summed E-state index contributed by atoms with van der Waals surface area (Å²) in [7, 11) is 0. The largest absolute Gasteiger partial charge is 0.307 e. The molecule has 18 heavy (non-hydrogen) atoms. The van der Waals surface area contributed by atoms with E-state index in [0.717, 1.165) is 18.9 Å². The van der Waals surface area contributed by atoms with Gasteiger partial charge in [-0.15, -0.1) is 0 Å². The molecule has 1 aromatic rings. The van der Waals surface area contributed by atoms with Crippen molar-refractivity contribution in [3.05, 3.63) is 35.4 Å². The maximum atomic E-state index is 13.4. The number of hydrogen-bond donors (Lipinski definition) is 1. The van der Waals surface area contributed by atoms with E-state index in [-0.39, 0.29) is 24.3 Å². The molecule has 1 fully saturated rings. The second-order valence-corrected chi connectivity index (χ2v) is 4.79. The van der Waals surface area contributed by atoms with Gasteiger partial charge in [-0.05, 0) is 24.5 Å². The van der Waals surface area contributed by atoms with Crippen LogP contribution >= 0.6 is 0 Å². The summed E-state index contributed by atoms with van der Waals surface area (Å²) in [6.07, 6.45) is 4.54. The minimum Gasteiger partial charge on any atom is -0.307 e. The van der Waals surface area contributed by atoms with Crippen LogP contribution in [0.5, 0.6) is 0 Å². The normalized spacial score (nSPS) is 16.1. The highest BCUT2D eigenvalue weighted by molar-refractivity contribution is 5.82. The molecule has 1 N–H and O–H groups in total. The molecule has 0 aromatic heterocycles. The Morgan fingerprint density at radius 1 is 1.28 bits per heavy atom. The highest BCUT2D eigenvalue weighted by Gasteiger charge is 2.16. The average Bonchev–Trinajstić information content (AvgIpc) is 2.86. The Morgan fingerprint density at radius 3 is 2.72 bits per heavy atom. The third-order valence-corrected chi connectivity index (χ3v) is 3.36. The van der Waals surface area contributed by atoms with Crippen molar-refractivity contribution < 1.29 is 13.6 Å². The predicted octanol–water partition coefficient (Wildman–Crippen LogP) is 2.61. The first kappa shape index (κ1) is 13.1. The van der Waals surface area contributed by atoms with Crippen LogP contribution in [0.1, 0.15) is 31.2 Å². The average molecular weight is 253 g/mol. The van der Waals surface area contributed by atoms with Crippen molar-refractivity contribution >= 4 is 5.78 Å². The van der Waals surface area contributed by atoms with Crippen molar-refractivity contribution in [2.75, 3.05) is 6.54 Å². The van der Waals surface area contributed by atoms with E-state index in [4.69, 9.17) is 0 Å². The van der Waals surface area contributed by atoms with Crippen LogP contribution in [0, 0.1) is 11.6 Å². The van der Waals surface area contributed by atoms with E-state index in [0.29, 0.717) is 6.04 Å². The second-order valence-electron chi connectivity index (χ2n) is 4.79. The molecule has 98 valence electrons. The zero-order valence-electron chi connectivity index (χ0n) is 10.2. The van der Waals surface area contributed by atoms with Crippen molar-refractivity contribution in [2.24, 2.45) is 0 Å². The number of carbonyl (C=O) groups is 1. The fourth-order valence-corrected chi connectivity index (χ4v) is 2.35. The molecule has 2 rings (SSSR count). The Hall–Kier alpha value is -1.29. The van der Waals surface area contributed by atoms with Gasteiger partial charge >= 0.3 is 0 Å². The summed E-state index contributed by atoms with van der Waals surface area (Å²) in [5, 5.41) is 3.17. The van der Waals surface area contributed by atoms with Crippen LogP contribution in [0.4, 0.5) is 8.78 Å². The lowest BCUT2D eigenvalue weighted by Gasteiger charge is -2.11. The van der Waals surface area contributed by atoms with E-state index >= 15 is 0 Å². The standard InChI is InChI=1S/C14H17F2NO/c15-13-7-3-4-10(14(13)16)8-12(18)9-17-11-5-1-2-6-11/h3-4,7,11,17H,1-2,5-6,8-9H2. The molecule has 1 aliphatic carbocycles. The molecule has 0 amide bonds. The first-order chi connectivity index (χ1) is 8.66. The zero-order chi connectivity index (χ0) is 13.0. The summed E-state index contributed by atoms with van der Waals surface area (Å²) in [6, 6.07) is 4.34. The Bertz CT molecular complexity index is 428. The lowest BCUT2D eigenvalue weighted by Crippen LogP contribution is -2.32. The quantitative estimate of drug-likeness (QED) is 0.874. The molecular weight excluding hydrogens is 236 g/mol. The maximum Gasteiger partial charge on any atom is 0.162 e. The topological polar surface area (TPSA) is 29.1 Å². The molecule has 1 aromatic carbocycles. The van der Waals surface area contributed by atoms with E-state index in [1.807, 2.05) is 0 Å². The van der Waals surface area contributed by atoms with Gasteiger partial charge < -0.3 is 5.32 Å². The highest BCUT2D eigenvalue weighted by Crippen LogP contribution is 2.17. The van der Waals surface area contributed by atoms with Gasteiger partial charge in [0.2, 0.25) is 0 Å². The van der Waals surface area contributed by atoms with Crippen molar-refractivity contribution in [3.63, 3.8) is 0 Å². The van der Waals surface area contributed by atoms with Gasteiger partial charge in [0, 0.05) is 12.5 Å². The molecule has 0 saturated heterocycles. The molecule has 0 bridgehead atoms. The van der Waals surface area contributed by atoms with Crippen molar-refractivity contribution in [1.82, 2.24) is 5.32 Å². The van der Waals surface area contributed by atoms with E-state index in [9.17, 15) is 13.6 Å². The maximum absolute atomic E-state index is 13.4. The van der Waals surface area contributed by atoms with Gasteiger partial charge in [-0.1, -0.05) is 25.0 Å².